The summed E-state index contributed by atoms with van der Waals surface area (Å²) in [5.74, 6) is -2.61. The second-order valence-corrected chi connectivity index (χ2v) is 9.53. The summed E-state index contributed by atoms with van der Waals surface area (Å²) in [5, 5.41) is 32.8. The maximum Gasteiger partial charge on any atom is 0.303 e. The van der Waals surface area contributed by atoms with Crippen molar-refractivity contribution in [3.8, 4) is 28.4 Å². The second-order valence-electron chi connectivity index (χ2n) is 9.53. The van der Waals surface area contributed by atoms with Crippen molar-refractivity contribution in [1.29, 1.82) is 0 Å². The lowest BCUT2D eigenvalue weighted by atomic mass is 9.70. The van der Waals surface area contributed by atoms with Crippen LogP contribution in [0.2, 0.25) is 0 Å². The maximum absolute atomic E-state index is 13.9. The molecule has 1 aliphatic heterocycles. The smallest absolute Gasteiger partial charge is 0.303 e. The van der Waals surface area contributed by atoms with Gasteiger partial charge in [0.15, 0.2) is 17.7 Å². The molecule has 2 aliphatic carbocycles. The fraction of sp³-hybridized carbons (Fsp3) is 0.250. The molecule has 8 heteroatoms. The molecule has 182 valence electrons. The van der Waals surface area contributed by atoms with E-state index in [0.29, 0.717) is 16.7 Å². The van der Waals surface area contributed by atoms with E-state index in [0.717, 1.165) is 5.56 Å². The van der Waals surface area contributed by atoms with Crippen molar-refractivity contribution < 1.29 is 39.2 Å². The van der Waals surface area contributed by atoms with E-state index in [1.165, 1.54) is 25.1 Å². The molecule has 3 N–H and O–H groups in total. The number of aryl methyl sites for hydroxylation is 1. The number of aromatic hydroxyl groups is 3. The molecule has 0 fully saturated rings. The molecule has 0 unspecified atom stereocenters. The van der Waals surface area contributed by atoms with E-state index in [-0.39, 0.29) is 51.3 Å². The minimum absolute atomic E-state index is 0.0289. The number of benzene rings is 3. The number of ether oxygens (including phenoxy) is 2. The van der Waals surface area contributed by atoms with Gasteiger partial charge in [-0.25, -0.2) is 0 Å². The van der Waals surface area contributed by atoms with Gasteiger partial charge in [-0.2, -0.15) is 0 Å². The number of carbonyl (C=O) groups is 3. The van der Waals surface area contributed by atoms with Gasteiger partial charge < -0.3 is 24.8 Å². The number of hydrogen-bond acceptors (Lipinski definition) is 8. The monoisotopic (exact) mass is 486 g/mol. The number of carbonyl (C=O) groups excluding carboxylic acids is 3. The summed E-state index contributed by atoms with van der Waals surface area (Å²) < 4.78 is 11.8. The number of ketones is 2. The zero-order chi connectivity index (χ0) is 25.6. The molecule has 1 heterocycles. The molecule has 8 nitrogen and oxygen atoms in total. The quantitative estimate of drug-likeness (QED) is 0.342. The van der Waals surface area contributed by atoms with Crippen molar-refractivity contribution in [3.05, 3.63) is 74.8 Å². The predicted octanol–water partition coefficient (Wildman–Crippen LogP) is 4.17. The van der Waals surface area contributed by atoms with Crippen molar-refractivity contribution in [1.82, 2.24) is 0 Å². The minimum atomic E-state index is -1.04. The van der Waals surface area contributed by atoms with Crippen LogP contribution in [0.4, 0.5) is 0 Å². The first-order valence-electron chi connectivity index (χ1n) is 11.6. The van der Waals surface area contributed by atoms with Crippen molar-refractivity contribution in [2.24, 2.45) is 0 Å². The van der Waals surface area contributed by atoms with Crippen LogP contribution >= 0.6 is 0 Å². The van der Waals surface area contributed by atoms with Crippen LogP contribution in [-0.4, -0.2) is 39.0 Å². The van der Waals surface area contributed by atoms with Gasteiger partial charge >= 0.3 is 5.97 Å². The van der Waals surface area contributed by atoms with Gasteiger partial charge in [0.05, 0.1) is 23.3 Å². The van der Waals surface area contributed by atoms with Crippen LogP contribution in [0, 0.1) is 6.92 Å². The van der Waals surface area contributed by atoms with Gasteiger partial charge in [0.2, 0.25) is 0 Å². The summed E-state index contributed by atoms with van der Waals surface area (Å²) in [5.41, 5.74) is 2.28. The number of hydrogen-bond donors (Lipinski definition) is 3. The third kappa shape index (κ3) is 2.82. The molecule has 0 saturated heterocycles. The molecule has 0 spiro atoms. The van der Waals surface area contributed by atoms with Crippen molar-refractivity contribution in [2.45, 2.75) is 45.5 Å². The Morgan fingerprint density at radius 2 is 1.69 bits per heavy atom. The van der Waals surface area contributed by atoms with Gasteiger partial charge in [0.25, 0.3) is 0 Å². The highest BCUT2D eigenvalue weighted by molar-refractivity contribution is 6.31. The first kappa shape index (κ1) is 22.3. The van der Waals surface area contributed by atoms with E-state index >= 15 is 0 Å². The maximum atomic E-state index is 13.9. The third-order valence-corrected chi connectivity index (χ3v) is 7.25. The van der Waals surface area contributed by atoms with Crippen LogP contribution in [0.15, 0.2) is 30.3 Å². The zero-order valence-electron chi connectivity index (χ0n) is 19.7. The minimum Gasteiger partial charge on any atom is -0.508 e. The Kier molecular flexibility index (Phi) is 4.59. The van der Waals surface area contributed by atoms with E-state index < -0.39 is 41.6 Å². The number of fused-ring (bicyclic) bond motifs is 5. The topological polar surface area (TPSA) is 130 Å². The third-order valence-electron chi connectivity index (χ3n) is 7.25. The fourth-order valence-electron chi connectivity index (χ4n) is 5.90. The molecule has 3 atom stereocenters. The Bertz CT molecular complexity index is 1550. The standard InChI is InChI=1S/C28H22O8/c1-10-7-15-14(17(31)8-10)9-18-21-20(15)27(34)24-22(23(21)28(11(2)35-18)36-12(3)29)26(33)19-13(25(24)32)5-4-6-16(19)30/h4-8,11,18,28,30-31,34H,9H2,1-3H3/t11-,18+,28+/m1/s1. The molecule has 3 aromatic carbocycles. The Balaban J connectivity index is 1.79. The Hall–Kier alpha value is -4.17. The summed E-state index contributed by atoms with van der Waals surface area (Å²) in [6, 6.07) is 7.60. The molecule has 3 aromatic rings. The Morgan fingerprint density at radius 3 is 2.42 bits per heavy atom. The summed E-state index contributed by atoms with van der Waals surface area (Å²) in [6.45, 7) is 4.73. The lowest BCUT2D eigenvalue weighted by molar-refractivity contribution is -0.162. The molecule has 0 radical (unpaired) electrons. The summed E-state index contributed by atoms with van der Waals surface area (Å²) in [4.78, 5) is 39.7. The highest BCUT2D eigenvalue weighted by Crippen LogP contribution is 2.57. The van der Waals surface area contributed by atoms with Crippen molar-refractivity contribution in [3.63, 3.8) is 0 Å². The number of esters is 1. The molecule has 36 heavy (non-hydrogen) atoms. The SMILES string of the molecule is CC(=O)O[C@@H]1c2c3c(c(O)c4c2[C@H](Cc2c(O)cc(C)cc2-4)O[C@@H]1C)C(=O)c1cccc(O)c1C3=O. The fourth-order valence-corrected chi connectivity index (χ4v) is 5.90. The van der Waals surface area contributed by atoms with E-state index in [1.54, 1.807) is 26.0 Å². The van der Waals surface area contributed by atoms with Crippen LogP contribution < -0.4 is 0 Å². The average Bonchev–Trinajstić information content (AvgIpc) is 2.80. The molecule has 0 aromatic heterocycles. The number of rotatable bonds is 1. The van der Waals surface area contributed by atoms with Gasteiger partial charge in [-0.15, -0.1) is 0 Å². The first-order chi connectivity index (χ1) is 17.1. The van der Waals surface area contributed by atoms with Gasteiger partial charge in [-0.1, -0.05) is 18.2 Å². The van der Waals surface area contributed by atoms with Gasteiger partial charge in [0.1, 0.15) is 17.2 Å². The molecule has 0 saturated carbocycles. The van der Waals surface area contributed by atoms with Crippen molar-refractivity contribution >= 4 is 17.5 Å². The molecule has 3 aliphatic rings. The predicted molar refractivity (Wildman–Crippen MR) is 126 cm³/mol. The zero-order valence-corrected chi connectivity index (χ0v) is 19.7. The van der Waals surface area contributed by atoms with Crippen LogP contribution in [0.3, 0.4) is 0 Å². The van der Waals surface area contributed by atoms with Crippen LogP contribution in [0.1, 0.15) is 80.2 Å². The van der Waals surface area contributed by atoms with Gasteiger partial charge in [0, 0.05) is 46.7 Å². The van der Waals surface area contributed by atoms with Crippen LogP contribution in [0.5, 0.6) is 17.2 Å². The summed E-state index contributed by atoms with van der Waals surface area (Å²) in [6.07, 6.45) is -2.16. The van der Waals surface area contributed by atoms with E-state index in [2.05, 4.69) is 0 Å². The molecular weight excluding hydrogens is 464 g/mol. The van der Waals surface area contributed by atoms with Crippen LogP contribution in [0.25, 0.3) is 11.1 Å². The Labute approximate surface area is 205 Å². The number of phenolic OH excluding ortho intramolecular Hbond substituents is 3. The van der Waals surface area contributed by atoms with E-state index in [4.69, 9.17) is 9.47 Å². The molecule has 0 amide bonds. The first-order valence-corrected chi connectivity index (χ1v) is 11.6. The summed E-state index contributed by atoms with van der Waals surface area (Å²) >= 11 is 0. The highest BCUT2D eigenvalue weighted by atomic mass is 16.6. The van der Waals surface area contributed by atoms with Gasteiger partial charge in [-0.05, 0) is 37.1 Å². The average molecular weight is 486 g/mol. The van der Waals surface area contributed by atoms with E-state index in [1.807, 2.05) is 0 Å². The van der Waals surface area contributed by atoms with Crippen LogP contribution in [-0.2, 0) is 20.7 Å². The van der Waals surface area contributed by atoms with E-state index in [9.17, 15) is 29.7 Å². The largest absolute Gasteiger partial charge is 0.508 e. The molecule has 6 rings (SSSR count). The van der Waals surface area contributed by atoms with Crippen molar-refractivity contribution in [2.75, 3.05) is 0 Å². The lowest BCUT2D eigenvalue weighted by Gasteiger charge is -2.42. The Morgan fingerprint density at radius 1 is 0.944 bits per heavy atom. The normalized spacial score (nSPS) is 21.2. The number of phenols is 3. The van der Waals surface area contributed by atoms with Gasteiger partial charge in [-0.3, -0.25) is 14.4 Å². The summed E-state index contributed by atoms with van der Waals surface area (Å²) in [7, 11) is 0. The molecular formula is C28H22O8. The highest BCUT2D eigenvalue weighted by Gasteiger charge is 2.48. The second kappa shape index (κ2) is 7.41. The molecule has 0 bridgehead atoms. The lowest BCUT2D eigenvalue weighted by Crippen LogP contribution is -2.37.